The number of aliphatic carboxylic acids is 1. The quantitative estimate of drug-likeness (QED) is 0.257. The first kappa shape index (κ1) is 19.7. The van der Waals surface area contributed by atoms with Gasteiger partial charge in [0.25, 0.3) is 5.91 Å². The molecule has 4 atom stereocenters. The van der Waals surface area contributed by atoms with Gasteiger partial charge in [0.05, 0.1) is 0 Å². The summed E-state index contributed by atoms with van der Waals surface area (Å²) < 4.78 is 19.6. The Hall–Kier alpha value is -2.66. The van der Waals surface area contributed by atoms with Crippen LogP contribution in [0.15, 0.2) is 29.5 Å². The van der Waals surface area contributed by atoms with Crippen LogP contribution in [-0.2, 0) is 20.7 Å². The molecule has 3 N–H and O–H groups in total. The molecule has 0 aliphatic carbocycles. The Labute approximate surface area is 151 Å². The van der Waals surface area contributed by atoms with Crippen LogP contribution in [0.2, 0.25) is 0 Å². The average Bonchev–Trinajstić information content (AvgIpc) is 2.59. The second-order valence-electron chi connectivity index (χ2n) is 5.94. The van der Waals surface area contributed by atoms with Gasteiger partial charge in [0.1, 0.15) is 10.4 Å². The van der Waals surface area contributed by atoms with Gasteiger partial charge in [0.2, 0.25) is 5.91 Å². The minimum Gasteiger partial charge on any atom is -0.480 e. The number of carbonyl (C=O) groups is 3. The number of carboxylic acids is 1. The molecule has 0 bridgehead atoms. The van der Waals surface area contributed by atoms with Crippen LogP contribution in [0, 0.1) is 0 Å². The molecule has 2 rings (SSSR count). The molecule has 1 aromatic heterocycles. The molecule has 0 saturated carbocycles. The minimum absolute atomic E-state index is 0.0674. The number of nitrogens with one attached hydrogen (secondary N) is 1. The van der Waals surface area contributed by atoms with Gasteiger partial charge >= 0.3 is 5.97 Å². The number of aromatic nitrogens is 1. The minimum atomic E-state index is -2.69. The van der Waals surface area contributed by atoms with E-state index in [0.717, 1.165) is 11.1 Å². The Bertz CT molecular complexity index is 771. The number of carbonyl (C=O) groups excluding carboxylic acids is 2. The van der Waals surface area contributed by atoms with Crippen molar-refractivity contribution in [3.05, 3.63) is 30.1 Å². The Balaban J connectivity index is 2.24. The smallest absolute Gasteiger partial charge is 0.328 e. The number of rotatable bonds is 7. The molecule has 140 valence electrons. The third kappa shape index (κ3) is 3.78. The molecule has 26 heavy (non-hydrogen) atoms. The molecular weight excluding hydrogens is 364 g/mol. The van der Waals surface area contributed by atoms with E-state index in [-0.39, 0.29) is 18.2 Å². The molecule has 1 fully saturated rings. The summed E-state index contributed by atoms with van der Waals surface area (Å²) in [6.07, 6.45) is 2.43. The molecule has 1 aromatic rings. The van der Waals surface area contributed by atoms with Gasteiger partial charge in [0.15, 0.2) is 17.1 Å². The zero-order chi connectivity index (χ0) is 19.5. The fraction of sp³-hybridized carbons (Fsp3) is 0.400. The van der Waals surface area contributed by atoms with Crippen LogP contribution in [0.3, 0.4) is 0 Å². The lowest BCUT2D eigenvalue weighted by Crippen LogP contribution is -2.67. The second kappa shape index (κ2) is 7.70. The maximum Gasteiger partial charge on any atom is 0.328 e. The third-order valence-electron chi connectivity index (χ3n) is 4.05. The maximum atomic E-state index is 11.9. The van der Waals surface area contributed by atoms with Crippen LogP contribution in [0.25, 0.3) is 0 Å². The normalized spacial score (nSPS) is 21.6. The average molecular weight is 382 g/mol. The summed E-state index contributed by atoms with van der Waals surface area (Å²) >= 11 is -2.69. The fourth-order valence-corrected chi connectivity index (χ4v) is 3.16. The first-order valence-corrected chi connectivity index (χ1v) is 8.69. The molecule has 1 unspecified atom stereocenters. The number of pyridine rings is 1. The number of carboxylic acid groups (broad SMARTS) is 1. The van der Waals surface area contributed by atoms with E-state index in [4.69, 9.17) is 0 Å². The zero-order valence-corrected chi connectivity index (χ0v) is 14.8. The van der Waals surface area contributed by atoms with Gasteiger partial charge in [-0.3, -0.25) is 14.6 Å². The van der Waals surface area contributed by atoms with Crippen LogP contribution < -0.4 is 5.43 Å². The van der Waals surface area contributed by atoms with Crippen molar-refractivity contribution in [2.75, 3.05) is 0 Å². The van der Waals surface area contributed by atoms with Crippen molar-refractivity contribution in [3.8, 4) is 0 Å². The molecule has 1 aliphatic heterocycles. The number of nitrogens with zero attached hydrogens (tertiary/aromatic N) is 3. The highest BCUT2D eigenvalue weighted by Gasteiger charge is 2.53. The van der Waals surface area contributed by atoms with E-state index >= 15 is 0 Å². The Kier molecular flexibility index (Phi) is 5.83. The number of hydrazone groups is 1. The molecule has 11 heteroatoms. The van der Waals surface area contributed by atoms with Crippen molar-refractivity contribution in [1.82, 2.24) is 15.3 Å². The predicted molar refractivity (Wildman–Crippen MR) is 91.7 cm³/mol. The summed E-state index contributed by atoms with van der Waals surface area (Å²) in [5, 5.41) is 13.1. The van der Waals surface area contributed by atoms with Crippen molar-refractivity contribution in [2.45, 2.75) is 37.1 Å². The highest BCUT2D eigenvalue weighted by atomic mass is 32.2. The molecule has 1 saturated heterocycles. The van der Waals surface area contributed by atoms with Gasteiger partial charge in [-0.05, 0) is 26.0 Å². The summed E-state index contributed by atoms with van der Waals surface area (Å²) in [5.74, 6) is -2.56. The van der Waals surface area contributed by atoms with E-state index in [0.29, 0.717) is 0 Å². The molecule has 2 amide bonds. The van der Waals surface area contributed by atoms with Crippen molar-refractivity contribution in [2.24, 2.45) is 5.10 Å². The van der Waals surface area contributed by atoms with E-state index < -0.39 is 39.7 Å². The van der Waals surface area contributed by atoms with Crippen LogP contribution in [0.4, 0.5) is 0 Å². The summed E-state index contributed by atoms with van der Waals surface area (Å²) in [6, 6.07) is 2.65. The lowest BCUT2D eigenvalue weighted by atomic mass is 9.92. The van der Waals surface area contributed by atoms with E-state index in [1.165, 1.54) is 19.2 Å². The summed E-state index contributed by atoms with van der Waals surface area (Å²) in [6.45, 7) is 2.81. The van der Waals surface area contributed by atoms with Gasteiger partial charge < -0.3 is 14.6 Å². The van der Waals surface area contributed by atoms with Gasteiger partial charge in [-0.2, -0.15) is 5.10 Å². The van der Waals surface area contributed by atoms with E-state index in [9.17, 15) is 28.3 Å². The highest BCUT2D eigenvalue weighted by molar-refractivity contribution is 7.81. The Morgan fingerprint density at radius 1 is 1.54 bits per heavy atom. The van der Waals surface area contributed by atoms with Gasteiger partial charge in [-0.15, -0.1) is 0 Å². The predicted octanol–water partition coefficient (Wildman–Crippen LogP) is -0.148. The molecule has 2 heterocycles. The Morgan fingerprint density at radius 2 is 2.23 bits per heavy atom. The first-order valence-electron chi connectivity index (χ1n) is 7.59. The van der Waals surface area contributed by atoms with Crippen LogP contribution in [0.1, 0.15) is 30.8 Å². The Morgan fingerprint density at radius 3 is 2.69 bits per heavy atom. The third-order valence-corrected chi connectivity index (χ3v) is 5.13. The SMILES string of the molecule is C[C@@H]1CC(=O)N1[C@@H](C(=O)O)[C@](C)(/C=N/NC(=O)c1ccccn1)S(=O)O. The molecule has 1 aliphatic rings. The topological polar surface area (TPSA) is 149 Å². The lowest BCUT2D eigenvalue weighted by molar-refractivity contribution is -0.161. The van der Waals surface area contributed by atoms with Gasteiger partial charge in [-0.25, -0.2) is 14.4 Å². The molecule has 0 spiro atoms. The number of hydrogen-bond acceptors (Lipinski definition) is 6. The molecule has 0 radical (unpaired) electrons. The lowest BCUT2D eigenvalue weighted by Gasteiger charge is -2.46. The van der Waals surface area contributed by atoms with Gasteiger partial charge in [0, 0.05) is 24.9 Å². The monoisotopic (exact) mass is 382 g/mol. The highest BCUT2D eigenvalue weighted by Crippen LogP contribution is 2.30. The maximum absolute atomic E-state index is 11.9. The second-order valence-corrected chi connectivity index (χ2v) is 7.32. The number of amides is 2. The largest absolute Gasteiger partial charge is 0.480 e. The van der Waals surface area contributed by atoms with Crippen molar-refractivity contribution < 1.29 is 28.3 Å². The van der Waals surface area contributed by atoms with Gasteiger partial charge in [-0.1, -0.05) is 6.07 Å². The molecular formula is C15H18N4O6S. The van der Waals surface area contributed by atoms with Crippen molar-refractivity contribution in [3.63, 3.8) is 0 Å². The van der Waals surface area contributed by atoms with Crippen molar-refractivity contribution >= 4 is 35.1 Å². The van der Waals surface area contributed by atoms with E-state index in [1.54, 1.807) is 19.1 Å². The molecule has 0 aromatic carbocycles. The number of likely N-dealkylation sites (tertiary alicyclic amines) is 1. The summed E-state index contributed by atoms with van der Waals surface area (Å²) in [4.78, 5) is 40.2. The van der Waals surface area contributed by atoms with Crippen molar-refractivity contribution in [1.29, 1.82) is 0 Å². The van der Waals surface area contributed by atoms with Crippen LogP contribution >= 0.6 is 0 Å². The standard InChI is InChI=1S/C15H18N4O6S/c1-9-7-11(20)19(9)12(14(22)23)15(2,26(24)25)8-17-18-13(21)10-5-3-4-6-16-10/h3-6,8-9,12H,7H2,1-2H3,(H,18,21)(H,22,23)(H,24,25)/b17-8+/t9-,12+,15+/m1/s1. The zero-order valence-electron chi connectivity index (χ0n) is 14.0. The first-order chi connectivity index (χ1) is 12.2. The fourth-order valence-electron chi connectivity index (χ4n) is 2.61. The number of β-lactam (4-membered cyclic amide) rings is 1. The number of hydrogen-bond donors (Lipinski definition) is 3. The van der Waals surface area contributed by atoms with Crippen LogP contribution in [-0.4, -0.2) is 64.6 Å². The van der Waals surface area contributed by atoms with E-state index in [1.807, 2.05) is 0 Å². The molecule has 10 nitrogen and oxygen atoms in total. The summed E-state index contributed by atoms with van der Waals surface area (Å²) in [5.41, 5.74) is 2.19. The van der Waals surface area contributed by atoms with Crippen LogP contribution in [0.5, 0.6) is 0 Å². The van der Waals surface area contributed by atoms with E-state index in [2.05, 4.69) is 15.5 Å². The summed E-state index contributed by atoms with van der Waals surface area (Å²) in [7, 11) is 0.